The van der Waals surface area contributed by atoms with Crippen molar-refractivity contribution >= 4 is 46.6 Å². The lowest BCUT2D eigenvalue weighted by Gasteiger charge is -2.23. The van der Waals surface area contributed by atoms with Crippen LogP contribution in [0.5, 0.6) is 0 Å². The highest BCUT2D eigenvalue weighted by Gasteiger charge is 2.30. The Kier molecular flexibility index (Phi) is 18.7. The molecule has 0 saturated heterocycles. The average molecular weight is 1100 g/mol. The van der Waals surface area contributed by atoms with Gasteiger partial charge < -0.3 is 10.6 Å². The molecule has 7 aromatic carbocycles. The predicted molar refractivity (Wildman–Crippen MR) is 317 cm³/mol. The SMILES string of the molecule is CC(C)c1cc(-c2ccccc2-c2cc(C(C)C)c(N=Cc3c(F)c(F)c(F)c(F)c3Nc3c(C(C)C)cccc3C(C)C)c(C(C)C)c2)cc(C(C)C)c1N=Cc1c(F)c(F)c(F)c(F)c1Nc1c(C(C)C)cccc1C(C)C. The fraction of sp³-hybridized carbons (Fsp3) is 0.353. The molecule has 0 aliphatic carbocycles. The number of aliphatic imine (C=N–C) groups is 2. The predicted octanol–water partition coefficient (Wildman–Crippen LogP) is 22.1. The maximum atomic E-state index is 16.2. The minimum atomic E-state index is -1.95. The molecule has 0 saturated carbocycles. The van der Waals surface area contributed by atoms with Crippen molar-refractivity contribution in [2.45, 2.75) is 158 Å². The smallest absolute Gasteiger partial charge is 0.199 e. The van der Waals surface area contributed by atoms with E-state index in [1.165, 1.54) is 0 Å². The standard InChI is InChI=1S/C68H74F8N4/c1-33(2)43-23-19-24-44(34(3)4)65(43)79-67-53(55(69)57(71)59(73)61(67)75)31-77-63-49(37(9)10)27-41(28-50(63)38(11)12)47-21-17-18-22-48(47)42-29-51(39(13)14)64(52(30-42)40(15)16)78-32-54-56(70)58(72)60(74)62(76)68(54)80-66-45(35(5)6)25-20-26-46(66)36(7)8/h17-40,79-80H,1-16H3. The first-order valence-corrected chi connectivity index (χ1v) is 27.7. The fourth-order valence-electron chi connectivity index (χ4n) is 10.4. The molecule has 0 amide bonds. The first-order chi connectivity index (χ1) is 37.7. The quantitative estimate of drug-likeness (QED) is 0.0389. The maximum absolute atomic E-state index is 16.2. The Labute approximate surface area is 467 Å². The summed E-state index contributed by atoms with van der Waals surface area (Å²) in [5.41, 5.74) is 9.20. The summed E-state index contributed by atoms with van der Waals surface area (Å²) < 4.78 is 126. The van der Waals surface area contributed by atoms with Crippen molar-refractivity contribution in [2.24, 2.45) is 9.98 Å². The van der Waals surface area contributed by atoms with Gasteiger partial charge in [0.25, 0.3) is 0 Å². The highest BCUT2D eigenvalue weighted by Crippen LogP contribution is 2.46. The number of anilines is 4. The Morgan fingerprint density at radius 2 is 0.550 bits per heavy atom. The van der Waals surface area contributed by atoms with E-state index < -0.39 is 69.0 Å². The lowest BCUT2D eigenvalue weighted by atomic mass is 9.84. The van der Waals surface area contributed by atoms with E-state index in [9.17, 15) is 0 Å². The second-order valence-corrected chi connectivity index (χ2v) is 23.3. The van der Waals surface area contributed by atoms with Crippen LogP contribution >= 0.6 is 0 Å². The third-order valence-electron chi connectivity index (χ3n) is 14.9. The number of hydrogen-bond acceptors (Lipinski definition) is 4. The van der Waals surface area contributed by atoms with Crippen molar-refractivity contribution in [1.82, 2.24) is 0 Å². The number of halogens is 8. The van der Waals surface area contributed by atoms with Gasteiger partial charge in [0.15, 0.2) is 46.5 Å². The van der Waals surface area contributed by atoms with Crippen LogP contribution in [0.2, 0.25) is 0 Å². The summed E-state index contributed by atoms with van der Waals surface area (Å²) in [4.78, 5) is 9.68. The molecule has 0 unspecified atom stereocenters. The molecule has 7 rings (SSSR count). The van der Waals surface area contributed by atoms with Gasteiger partial charge in [-0.15, -0.1) is 0 Å². The van der Waals surface area contributed by atoms with E-state index in [1.807, 2.05) is 196 Å². The van der Waals surface area contributed by atoms with Gasteiger partial charge in [-0.3, -0.25) is 9.98 Å². The maximum Gasteiger partial charge on any atom is 0.199 e. The Bertz CT molecular complexity index is 3170. The third-order valence-corrected chi connectivity index (χ3v) is 14.9. The zero-order valence-electron chi connectivity index (χ0n) is 48.8. The van der Waals surface area contributed by atoms with E-state index in [2.05, 4.69) is 10.6 Å². The van der Waals surface area contributed by atoms with E-state index in [4.69, 9.17) is 9.98 Å². The molecule has 0 bridgehead atoms. The number of nitrogens with one attached hydrogen (secondary N) is 2. The summed E-state index contributed by atoms with van der Waals surface area (Å²) in [6.07, 6.45) is 2.15. The summed E-state index contributed by atoms with van der Waals surface area (Å²) >= 11 is 0. The molecule has 0 heterocycles. The first-order valence-electron chi connectivity index (χ1n) is 27.7. The molecule has 80 heavy (non-hydrogen) atoms. The summed E-state index contributed by atoms with van der Waals surface area (Å²) in [5.74, 6) is -14.9. The minimum Gasteiger partial charge on any atom is -0.352 e. The van der Waals surface area contributed by atoms with E-state index in [-0.39, 0.29) is 47.3 Å². The van der Waals surface area contributed by atoms with Crippen LogP contribution in [-0.4, -0.2) is 12.4 Å². The van der Waals surface area contributed by atoms with Gasteiger partial charge in [-0.25, -0.2) is 35.1 Å². The van der Waals surface area contributed by atoms with Gasteiger partial charge in [-0.05, 0) is 138 Å². The number of nitrogens with zero attached hydrogens (tertiary/aromatic N) is 2. The minimum absolute atomic E-state index is 0.0533. The van der Waals surface area contributed by atoms with Crippen molar-refractivity contribution in [3.8, 4) is 22.3 Å². The number of benzene rings is 7. The van der Waals surface area contributed by atoms with Crippen LogP contribution in [0.3, 0.4) is 0 Å². The van der Waals surface area contributed by atoms with Crippen LogP contribution < -0.4 is 10.6 Å². The second kappa shape index (κ2) is 24.7. The summed E-state index contributed by atoms with van der Waals surface area (Å²) in [7, 11) is 0. The van der Waals surface area contributed by atoms with E-state index in [0.29, 0.717) is 22.7 Å². The fourth-order valence-corrected chi connectivity index (χ4v) is 10.4. The van der Waals surface area contributed by atoms with Crippen molar-refractivity contribution in [3.05, 3.63) is 187 Å². The monoisotopic (exact) mass is 1100 g/mol. The largest absolute Gasteiger partial charge is 0.352 e. The zero-order valence-corrected chi connectivity index (χ0v) is 48.8. The van der Waals surface area contributed by atoms with Crippen LogP contribution in [0.4, 0.5) is 69.2 Å². The number of hydrogen-bond donors (Lipinski definition) is 2. The molecule has 0 radical (unpaired) electrons. The third kappa shape index (κ3) is 12.0. The van der Waals surface area contributed by atoms with Gasteiger partial charge >= 0.3 is 0 Å². The molecular formula is C68H74F8N4. The van der Waals surface area contributed by atoms with Crippen LogP contribution in [0.25, 0.3) is 22.3 Å². The molecular weight excluding hydrogens is 1020 g/mol. The van der Waals surface area contributed by atoms with Crippen molar-refractivity contribution in [2.75, 3.05) is 10.6 Å². The molecule has 0 spiro atoms. The van der Waals surface area contributed by atoms with Gasteiger partial charge in [0.1, 0.15) is 0 Å². The average Bonchev–Trinajstić information content (AvgIpc) is 3.48. The van der Waals surface area contributed by atoms with Crippen molar-refractivity contribution in [1.29, 1.82) is 0 Å². The van der Waals surface area contributed by atoms with E-state index >= 15 is 35.1 Å². The highest BCUT2D eigenvalue weighted by molar-refractivity contribution is 5.95. The molecule has 0 aromatic heterocycles. The van der Waals surface area contributed by atoms with Crippen molar-refractivity contribution in [3.63, 3.8) is 0 Å². The molecule has 0 aliphatic rings. The van der Waals surface area contributed by atoms with Crippen LogP contribution in [0, 0.1) is 46.5 Å². The topological polar surface area (TPSA) is 48.8 Å². The Balaban J connectivity index is 1.38. The molecule has 4 nitrogen and oxygen atoms in total. The van der Waals surface area contributed by atoms with Gasteiger partial charge in [0.2, 0.25) is 0 Å². The van der Waals surface area contributed by atoms with Gasteiger partial charge in [-0.2, -0.15) is 0 Å². The van der Waals surface area contributed by atoms with E-state index in [1.54, 1.807) is 0 Å². The summed E-state index contributed by atoms with van der Waals surface area (Å²) in [5, 5.41) is 6.00. The molecule has 12 heteroatoms. The van der Waals surface area contributed by atoms with Gasteiger partial charge in [-0.1, -0.05) is 171 Å². The van der Waals surface area contributed by atoms with Gasteiger partial charge in [0, 0.05) is 23.8 Å². The Morgan fingerprint density at radius 1 is 0.300 bits per heavy atom. The normalized spacial score (nSPS) is 12.3. The Hall–Kier alpha value is -7.08. The summed E-state index contributed by atoms with van der Waals surface area (Å²) in [6.45, 7) is 31.6. The second-order valence-electron chi connectivity index (χ2n) is 23.3. The molecule has 7 aromatic rings. The molecule has 0 atom stereocenters. The van der Waals surface area contributed by atoms with Crippen LogP contribution in [0.15, 0.2) is 94.9 Å². The first kappa shape index (κ1) is 60.6. The summed E-state index contributed by atoms with van der Waals surface area (Å²) in [6, 6.07) is 27.1. The molecule has 0 fully saturated rings. The number of para-hydroxylation sites is 2. The van der Waals surface area contributed by atoms with Crippen LogP contribution in [0.1, 0.15) is 214 Å². The zero-order chi connectivity index (χ0) is 58.9. The Morgan fingerprint density at radius 3 is 0.800 bits per heavy atom. The lowest BCUT2D eigenvalue weighted by Crippen LogP contribution is -2.11. The van der Waals surface area contributed by atoms with Gasteiger partial charge in [0.05, 0.1) is 33.9 Å². The molecule has 422 valence electrons. The number of rotatable bonds is 18. The lowest BCUT2D eigenvalue weighted by molar-refractivity contribution is 0.410. The van der Waals surface area contributed by atoms with Crippen molar-refractivity contribution < 1.29 is 35.1 Å². The molecule has 0 aliphatic heterocycles. The van der Waals surface area contributed by atoms with E-state index in [0.717, 1.165) is 79.2 Å². The van der Waals surface area contributed by atoms with Crippen LogP contribution in [-0.2, 0) is 0 Å². The molecule has 2 N–H and O–H groups in total. The highest BCUT2D eigenvalue weighted by atomic mass is 19.2.